The predicted octanol–water partition coefficient (Wildman–Crippen LogP) is 6.43. The van der Waals surface area contributed by atoms with E-state index in [1.807, 2.05) is 16.7 Å². The highest BCUT2D eigenvalue weighted by Crippen LogP contribution is 2.31. The van der Waals surface area contributed by atoms with Crippen LogP contribution < -0.4 is 10.1 Å². The first kappa shape index (κ1) is 25.1. The third-order valence-electron chi connectivity index (χ3n) is 5.61. The van der Waals surface area contributed by atoms with E-state index in [0.29, 0.717) is 16.6 Å². The molecule has 0 radical (unpaired) electrons. The maximum absolute atomic E-state index is 13.2. The van der Waals surface area contributed by atoms with Crippen LogP contribution in [0, 0.1) is 0 Å². The maximum atomic E-state index is 13.2. The molecule has 6 nitrogen and oxygen atoms in total. The van der Waals surface area contributed by atoms with E-state index < -0.39 is 18.1 Å². The van der Waals surface area contributed by atoms with Gasteiger partial charge in [-0.2, -0.15) is 0 Å². The molecule has 1 aromatic heterocycles. The second-order valence-electron chi connectivity index (χ2n) is 8.12. The van der Waals surface area contributed by atoms with Crippen LogP contribution in [0.2, 0.25) is 5.02 Å². The number of nitrogens with zero attached hydrogens (tertiary/aromatic N) is 1. The Bertz CT molecular complexity index is 1430. The number of carbonyl (C=O) groups excluding carboxylic acids is 1. The molecule has 1 unspecified atom stereocenters. The molecule has 4 aromatic rings. The van der Waals surface area contributed by atoms with E-state index in [1.54, 1.807) is 37.4 Å². The Kier molecular flexibility index (Phi) is 6.94. The van der Waals surface area contributed by atoms with E-state index in [2.05, 4.69) is 10.1 Å². The van der Waals surface area contributed by atoms with Crippen molar-refractivity contribution in [2.24, 2.45) is 0 Å². The molecule has 0 spiro atoms. The molecule has 0 bridgehead atoms. The molecule has 10 heteroatoms. The van der Waals surface area contributed by atoms with E-state index in [-0.39, 0.29) is 29.1 Å². The quantitative estimate of drug-likeness (QED) is 0.296. The first-order valence-electron chi connectivity index (χ1n) is 10.8. The van der Waals surface area contributed by atoms with Crippen LogP contribution in [0.3, 0.4) is 0 Å². The standard InChI is InChI=1S/C26H20ClF3N2O4/c1-15(17-6-8-19(9-7-17)25(34)35)31-24(33)20-4-2-3-18-11-12-32(23(18)20)14-16-5-10-22(21(27)13-16)36-26(28,29)30/h2-13,15H,14H2,1H3,(H,31,33)(H,34,35). The molecular formula is C26H20ClF3N2O4. The number of alkyl halides is 3. The Morgan fingerprint density at radius 2 is 1.81 bits per heavy atom. The molecular weight excluding hydrogens is 497 g/mol. The topological polar surface area (TPSA) is 80.6 Å². The van der Waals surface area contributed by atoms with Crippen LogP contribution in [0.4, 0.5) is 13.2 Å². The zero-order valence-corrected chi connectivity index (χ0v) is 19.6. The fraction of sp³-hybridized carbons (Fsp3) is 0.154. The highest BCUT2D eigenvalue weighted by Gasteiger charge is 2.32. The van der Waals surface area contributed by atoms with Gasteiger partial charge in [0.2, 0.25) is 0 Å². The molecule has 0 aliphatic heterocycles. The van der Waals surface area contributed by atoms with Gasteiger partial charge in [-0.1, -0.05) is 41.9 Å². The molecule has 0 fully saturated rings. The smallest absolute Gasteiger partial charge is 0.478 e. The van der Waals surface area contributed by atoms with Crippen molar-refractivity contribution in [3.05, 3.63) is 100 Å². The highest BCUT2D eigenvalue weighted by molar-refractivity contribution is 6.32. The number of amides is 1. The van der Waals surface area contributed by atoms with Crippen molar-refractivity contribution in [1.82, 2.24) is 9.88 Å². The van der Waals surface area contributed by atoms with Crippen LogP contribution in [0.15, 0.2) is 72.9 Å². The molecule has 1 amide bonds. The molecule has 1 heterocycles. The number of hydrogen-bond acceptors (Lipinski definition) is 3. The van der Waals surface area contributed by atoms with Crippen molar-refractivity contribution < 1.29 is 32.6 Å². The summed E-state index contributed by atoms with van der Waals surface area (Å²) < 4.78 is 43.3. The van der Waals surface area contributed by atoms with Crippen LogP contribution in [-0.4, -0.2) is 27.9 Å². The zero-order valence-electron chi connectivity index (χ0n) is 18.8. The highest BCUT2D eigenvalue weighted by atomic mass is 35.5. The summed E-state index contributed by atoms with van der Waals surface area (Å²) in [5, 5.41) is 12.6. The number of para-hydroxylation sites is 1. The molecule has 4 rings (SSSR count). The Hall–Kier alpha value is -3.98. The predicted molar refractivity (Wildman–Crippen MR) is 128 cm³/mol. The number of benzene rings is 3. The van der Waals surface area contributed by atoms with Gasteiger partial charge in [-0.3, -0.25) is 4.79 Å². The first-order chi connectivity index (χ1) is 17.0. The van der Waals surface area contributed by atoms with Gasteiger partial charge >= 0.3 is 12.3 Å². The maximum Gasteiger partial charge on any atom is 0.573 e. The number of halogens is 4. The number of carboxylic acids is 1. The molecule has 2 N–H and O–H groups in total. The van der Waals surface area contributed by atoms with Gasteiger partial charge in [-0.15, -0.1) is 13.2 Å². The van der Waals surface area contributed by atoms with Gasteiger partial charge in [0.1, 0.15) is 5.75 Å². The molecule has 0 saturated carbocycles. The largest absolute Gasteiger partial charge is 0.573 e. The summed E-state index contributed by atoms with van der Waals surface area (Å²) in [6.45, 7) is 2.05. The fourth-order valence-corrected chi connectivity index (χ4v) is 4.14. The van der Waals surface area contributed by atoms with Gasteiger partial charge in [0.15, 0.2) is 0 Å². The van der Waals surface area contributed by atoms with E-state index in [4.69, 9.17) is 16.7 Å². The van der Waals surface area contributed by atoms with Gasteiger partial charge in [0.05, 0.1) is 27.7 Å². The van der Waals surface area contributed by atoms with Gasteiger partial charge in [-0.25, -0.2) is 4.79 Å². The van der Waals surface area contributed by atoms with Gasteiger partial charge in [0, 0.05) is 18.1 Å². The number of carboxylic acid groups (broad SMARTS) is 1. The number of nitrogens with one attached hydrogen (secondary N) is 1. The third-order valence-corrected chi connectivity index (χ3v) is 5.91. The monoisotopic (exact) mass is 516 g/mol. The minimum Gasteiger partial charge on any atom is -0.478 e. The lowest BCUT2D eigenvalue weighted by atomic mass is 10.0. The van der Waals surface area contributed by atoms with Gasteiger partial charge in [-0.05, 0) is 54.4 Å². The van der Waals surface area contributed by atoms with Crippen molar-refractivity contribution in [1.29, 1.82) is 0 Å². The normalized spacial score (nSPS) is 12.4. The average Bonchev–Trinajstić information content (AvgIpc) is 3.23. The molecule has 0 aliphatic carbocycles. The third kappa shape index (κ3) is 5.63. The Morgan fingerprint density at radius 3 is 2.44 bits per heavy atom. The Balaban J connectivity index is 1.57. The zero-order chi connectivity index (χ0) is 26.0. The Morgan fingerprint density at radius 1 is 1.08 bits per heavy atom. The summed E-state index contributed by atoms with van der Waals surface area (Å²) in [6.07, 6.45) is -3.07. The molecule has 0 saturated heterocycles. The summed E-state index contributed by atoms with van der Waals surface area (Å²) in [6, 6.07) is 17.0. The van der Waals surface area contributed by atoms with E-state index >= 15 is 0 Å². The summed E-state index contributed by atoms with van der Waals surface area (Å²) in [7, 11) is 0. The lowest BCUT2D eigenvalue weighted by Gasteiger charge is -2.16. The number of rotatable bonds is 7. The van der Waals surface area contributed by atoms with Crippen molar-refractivity contribution in [3.8, 4) is 5.75 Å². The average molecular weight is 517 g/mol. The number of carbonyl (C=O) groups is 2. The Labute approximate surface area is 208 Å². The van der Waals surface area contributed by atoms with Crippen molar-refractivity contribution in [3.63, 3.8) is 0 Å². The van der Waals surface area contributed by atoms with Crippen LogP contribution in [0.1, 0.15) is 44.8 Å². The lowest BCUT2D eigenvalue weighted by molar-refractivity contribution is -0.274. The minimum absolute atomic E-state index is 0.151. The molecule has 186 valence electrons. The van der Waals surface area contributed by atoms with E-state index in [0.717, 1.165) is 17.0 Å². The molecule has 36 heavy (non-hydrogen) atoms. The van der Waals surface area contributed by atoms with Crippen molar-refractivity contribution in [2.75, 3.05) is 0 Å². The summed E-state index contributed by atoms with van der Waals surface area (Å²) in [5.41, 5.74) is 2.57. The lowest BCUT2D eigenvalue weighted by Crippen LogP contribution is -2.27. The molecule has 0 aliphatic rings. The first-order valence-corrected chi connectivity index (χ1v) is 11.2. The van der Waals surface area contributed by atoms with E-state index in [9.17, 15) is 22.8 Å². The van der Waals surface area contributed by atoms with Crippen molar-refractivity contribution in [2.45, 2.75) is 25.9 Å². The second kappa shape index (κ2) is 9.94. The molecule has 1 atom stereocenters. The van der Waals surface area contributed by atoms with Gasteiger partial charge < -0.3 is 19.7 Å². The second-order valence-corrected chi connectivity index (χ2v) is 8.53. The SMILES string of the molecule is CC(NC(=O)c1cccc2ccn(Cc3ccc(OC(F)(F)F)c(Cl)c3)c12)c1ccc(C(=O)O)cc1. The summed E-state index contributed by atoms with van der Waals surface area (Å²) in [5.74, 6) is -1.85. The van der Waals surface area contributed by atoms with Crippen molar-refractivity contribution >= 4 is 34.4 Å². The fourth-order valence-electron chi connectivity index (χ4n) is 3.90. The summed E-state index contributed by atoms with van der Waals surface area (Å²) >= 11 is 5.99. The van der Waals surface area contributed by atoms with E-state index in [1.165, 1.54) is 24.3 Å². The van der Waals surface area contributed by atoms with Crippen LogP contribution in [-0.2, 0) is 6.54 Å². The summed E-state index contributed by atoms with van der Waals surface area (Å²) in [4.78, 5) is 24.3. The number of aromatic carboxylic acids is 1. The molecule has 3 aromatic carbocycles. The minimum atomic E-state index is -4.85. The number of hydrogen-bond donors (Lipinski definition) is 2. The van der Waals surface area contributed by atoms with Crippen LogP contribution >= 0.6 is 11.6 Å². The number of ether oxygens (including phenoxy) is 1. The van der Waals surface area contributed by atoms with Crippen LogP contribution in [0.5, 0.6) is 5.75 Å². The number of fused-ring (bicyclic) bond motifs is 1. The van der Waals surface area contributed by atoms with Gasteiger partial charge in [0.25, 0.3) is 5.91 Å². The van der Waals surface area contributed by atoms with Crippen LogP contribution in [0.25, 0.3) is 10.9 Å². The number of aromatic nitrogens is 1.